The fraction of sp³-hybridized carbons (Fsp3) is 0.0556. The van der Waals surface area contributed by atoms with Crippen LogP contribution in [-0.4, -0.2) is 20.0 Å². The molecule has 0 bridgehead atoms. The number of aromatic nitrogens is 4. The second-order valence-electron chi connectivity index (χ2n) is 5.21. The van der Waals surface area contributed by atoms with E-state index in [2.05, 4.69) is 45.6 Å². The highest BCUT2D eigenvalue weighted by Crippen LogP contribution is 2.26. The normalized spacial score (nSPS) is 11.0. The minimum absolute atomic E-state index is 0.898. The van der Waals surface area contributed by atoms with Crippen LogP contribution in [0.5, 0.6) is 0 Å². The highest BCUT2D eigenvalue weighted by molar-refractivity contribution is 5.87. The zero-order chi connectivity index (χ0) is 14.9. The van der Waals surface area contributed by atoms with Gasteiger partial charge in [-0.1, -0.05) is 41.6 Å². The zero-order valence-corrected chi connectivity index (χ0v) is 12.1. The number of fused-ring (bicyclic) bond motifs is 1. The molecule has 2 heterocycles. The molecule has 4 heteroatoms. The lowest BCUT2D eigenvalue weighted by molar-refractivity contribution is 0.782. The highest BCUT2D eigenvalue weighted by atomic mass is 15.4. The Bertz CT molecular complexity index is 942. The summed E-state index contributed by atoms with van der Waals surface area (Å²) in [6.07, 6.45) is 3.53. The average molecular weight is 286 g/mol. The molecule has 106 valence electrons. The summed E-state index contributed by atoms with van der Waals surface area (Å²) >= 11 is 0. The van der Waals surface area contributed by atoms with Crippen LogP contribution < -0.4 is 0 Å². The summed E-state index contributed by atoms with van der Waals surface area (Å²) in [5.41, 5.74) is 3.89. The smallest absolute Gasteiger partial charge is 0.116 e. The monoisotopic (exact) mass is 286 g/mol. The molecule has 22 heavy (non-hydrogen) atoms. The molecule has 2 aromatic carbocycles. The van der Waals surface area contributed by atoms with Crippen molar-refractivity contribution in [2.45, 2.75) is 6.92 Å². The molecule has 0 spiro atoms. The second-order valence-corrected chi connectivity index (χ2v) is 5.21. The van der Waals surface area contributed by atoms with E-state index in [-0.39, 0.29) is 0 Å². The fourth-order valence-corrected chi connectivity index (χ4v) is 2.66. The zero-order valence-electron chi connectivity index (χ0n) is 12.1. The summed E-state index contributed by atoms with van der Waals surface area (Å²) in [6.45, 7) is 2.03. The van der Waals surface area contributed by atoms with Gasteiger partial charge in [-0.05, 0) is 35.9 Å². The van der Waals surface area contributed by atoms with E-state index >= 15 is 0 Å². The third kappa shape index (κ3) is 2.05. The number of hydrogen-bond acceptors (Lipinski definition) is 3. The second kappa shape index (κ2) is 5.07. The summed E-state index contributed by atoms with van der Waals surface area (Å²) in [6, 6.07) is 18.5. The summed E-state index contributed by atoms with van der Waals surface area (Å²) in [5.74, 6) is 0. The van der Waals surface area contributed by atoms with Crippen LogP contribution in [0.4, 0.5) is 0 Å². The molecule has 4 nitrogen and oxygen atoms in total. The minimum atomic E-state index is 0.898. The molecule has 0 saturated carbocycles. The van der Waals surface area contributed by atoms with Gasteiger partial charge in [-0.3, -0.25) is 4.98 Å². The number of nitrogens with zero attached hydrogens (tertiary/aromatic N) is 4. The summed E-state index contributed by atoms with van der Waals surface area (Å²) in [4.78, 5) is 4.14. The van der Waals surface area contributed by atoms with Gasteiger partial charge in [0.15, 0.2) is 0 Å². The Hall–Kier alpha value is -3.01. The summed E-state index contributed by atoms with van der Waals surface area (Å²) < 4.78 is 1.82. The molecule has 2 aromatic heterocycles. The quantitative estimate of drug-likeness (QED) is 0.563. The maximum absolute atomic E-state index is 4.35. The topological polar surface area (TPSA) is 43.6 Å². The van der Waals surface area contributed by atoms with Crippen molar-refractivity contribution in [2.24, 2.45) is 0 Å². The molecular formula is C18H14N4. The molecule has 0 aliphatic rings. The lowest BCUT2D eigenvalue weighted by Crippen LogP contribution is -1.99. The van der Waals surface area contributed by atoms with E-state index in [4.69, 9.17) is 0 Å². The third-order valence-electron chi connectivity index (χ3n) is 3.81. The molecular weight excluding hydrogens is 272 g/mol. The first kappa shape index (κ1) is 12.7. The van der Waals surface area contributed by atoms with Gasteiger partial charge in [0, 0.05) is 11.8 Å². The Kier molecular flexibility index (Phi) is 2.93. The predicted octanol–water partition coefficient (Wildman–Crippen LogP) is 3.79. The Morgan fingerprint density at radius 1 is 0.909 bits per heavy atom. The van der Waals surface area contributed by atoms with Crippen molar-refractivity contribution in [3.8, 4) is 16.9 Å². The Balaban J connectivity index is 1.84. The largest absolute Gasteiger partial charge is 0.262 e. The molecule has 0 atom stereocenters. The van der Waals surface area contributed by atoms with Crippen molar-refractivity contribution in [2.75, 3.05) is 0 Å². The maximum atomic E-state index is 4.35. The van der Waals surface area contributed by atoms with E-state index in [0.717, 1.165) is 22.6 Å². The molecule has 0 saturated heterocycles. The lowest BCUT2D eigenvalue weighted by atomic mass is 10.0. The van der Waals surface area contributed by atoms with Gasteiger partial charge in [0.1, 0.15) is 5.69 Å². The number of hydrogen-bond donors (Lipinski definition) is 0. The minimum Gasteiger partial charge on any atom is -0.262 e. The van der Waals surface area contributed by atoms with Crippen LogP contribution in [0, 0.1) is 6.92 Å². The molecule has 0 radical (unpaired) electrons. The average Bonchev–Trinajstić information content (AvgIpc) is 2.97. The molecule has 0 aliphatic heterocycles. The van der Waals surface area contributed by atoms with Gasteiger partial charge in [-0.2, -0.15) is 0 Å². The van der Waals surface area contributed by atoms with Crippen LogP contribution in [0.3, 0.4) is 0 Å². The fourth-order valence-electron chi connectivity index (χ4n) is 2.66. The molecule has 0 aliphatic carbocycles. The van der Waals surface area contributed by atoms with E-state index in [1.807, 2.05) is 35.9 Å². The van der Waals surface area contributed by atoms with E-state index in [9.17, 15) is 0 Å². The van der Waals surface area contributed by atoms with Crippen molar-refractivity contribution >= 4 is 10.8 Å². The van der Waals surface area contributed by atoms with Crippen LogP contribution in [0.15, 0.2) is 67.0 Å². The lowest BCUT2D eigenvalue weighted by Gasteiger charge is -2.04. The van der Waals surface area contributed by atoms with Gasteiger partial charge in [-0.15, -0.1) is 5.10 Å². The van der Waals surface area contributed by atoms with Gasteiger partial charge in [0.2, 0.25) is 0 Å². The van der Waals surface area contributed by atoms with Gasteiger partial charge >= 0.3 is 0 Å². The Labute approximate surface area is 128 Å². The number of rotatable bonds is 2. The van der Waals surface area contributed by atoms with Gasteiger partial charge in [0.25, 0.3) is 0 Å². The highest BCUT2D eigenvalue weighted by Gasteiger charge is 2.12. The molecule has 4 rings (SSSR count). The van der Waals surface area contributed by atoms with Crippen LogP contribution >= 0.6 is 0 Å². The maximum Gasteiger partial charge on any atom is 0.116 e. The predicted molar refractivity (Wildman–Crippen MR) is 86.8 cm³/mol. The SMILES string of the molecule is Cc1c(-c2ccc3ccccc3c2)nnn1-c1cccnc1. The van der Waals surface area contributed by atoms with E-state index in [1.165, 1.54) is 10.8 Å². The van der Waals surface area contributed by atoms with E-state index in [1.54, 1.807) is 12.4 Å². The molecule has 0 fully saturated rings. The Morgan fingerprint density at radius 3 is 2.59 bits per heavy atom. The van der Waals surface area contributed by atoms with Crippen molar-refractivity contribution in [1.82, 2.24) is 20.0 Å². The third-order valence-corrected chi connectivity index (χ3v) is 3.81. The standard InChI is InChI=1S/C18H14N4/c1-13-18(20-21-22(13)17-7-4-10-19-12-17)16-9-8-14-5-2-3-6-15(14)11-16/h2-12H,1H3. The van der Waals surface area contributed by atoms with E-state index < -0.39 is 0 Å². The van der Waals surface area contributed by atoms with Gasteiger partial charge in [0.05, 0.1) is 17.6 Å². The van der Waals surface area contributed by atoms with Gasteiger partial charge in [-0.25, -0.2) is 4.68 Å². The van der Waals surface area contributed by atoms with Crippen molar-refractivity contribution < 1.29 is 0 Å². The molecule has 0 unspecified atom stereocenters. The first-order chi connectivity index (χ1) is 10.8. The molecule has 4 aromatic rings. The van der Waals surface area contributed by atoms with Gasteiger partial charge < -0.3 is 0 Å². The summed E-state index contributed by atoms with van der Waals surface area (Å²) in [7, 11) is 0. The van der Waals surface area contributed by atoms with Crippen molar-refractivity contribution in [3.63, 3.8) is 0 Å². The number of benzene rings is 2. The molecule has 0 amide bonds. The van der Waals surface area contributed by atoms with E-state index in [0.29, 0.717) is 0 Å². The Morgan fingerprint density at radius 2 is 1.77 bits per heavy atom. The van der Waals surface area contributed by atoms with Crippen LogP contribution in [0.1, 0.15) is 5.69 Å². The van der Waals surface area contributed by atoms with Crippen LogP contribution in [0.2, 0.25) is 0 Å². The van der Waals surface area contributed by atoms with Crippen molar-refractivity contribution in [3.05, 3.63) is 72.7 Å². The first-order valence-corrected chi connectivity index (χ1v) is 7.15. The molecule has 0 N–H and O–H groups in total. The number of pyridine rings is 1. The van der Waals surface area contributed by atoms with Crippen LogP contribution in [-0.2, 0) is 0 Å². The van der Waals surface area contributed by atoms with Crippen molar-refractivity contribution in [1.29, 1.82) is 0 Å². The van der Waals surface area contributed by atoms with Crippen LogP contribution in [0.25, 0.3) is 27.7 Å². The first-order valence-electron chi connectivity index (χ1n) is 7.15. The summed E-state index contributed by atoms with van der Waals surface area (Å²) in [5, 5.41) is 11.1.